The Balaban J connectivity index is 2.02. The molecule has 0 fully saturated rings. The molecule has 126 valence electrons. The molecule has 0 saturated heterocycles. The fourth-order valence-electron chi connectivity index (χ4n) is 3.20. The molecule has 0 aliphatic carbocycles. The molecule has 0 radical (unpaired) electrons. The van der Waals surface area contributed by atoms with Crippen molar-refractivity contribution in [2.45, 2.75) is 32.7 Å². The van der Waals surface area contributed by atoms with Gasteiger partial charge in [0.05, 0.1) is 18.8 Å². The van der Waals surface area contributed by atoms with Gasteiger partial charge < -0.3 is 10.5 Å². The highest BCUT2D eigenvalue weighted by Crippen LogP contribution is 2.38. The van der Waals surface area contributed by atoms with Crippen molar-refractivity contribution in [3.63, 3.8) is 0 Å². The third-order valence-electron chi connectivity index (χ3n) is 4.71. The van der Waals surface area contributed by atoms with E-state index in [1.807, 2.05) is 12.1 Å². The lowest BCUT2D eigenvalue weighted by atomic mass is 9.99. The molecule has 0 bridgehead atoms. The van der Waals surface area contributed by atoms with Crippen LogP contribution in [0.2, 0.25) is 0 Å². The summed E-state index contributed by atoms with van der Waals surface area (Å²) in [6.07, 6.45) is 1.74. The number of nitrogens with zero attached hydrogens (tertiary/aromatic N) is 2. The van der Waals surface area contributed by atoms with Gasteiger partial charge in [-0.1, -0.05) is 24.3 Å². The summed E-state index contributed by atoms with van der Waals surface area (Å²) < 4.78 is 5.40. The van der Waals surface area contributed by atoms with Crippen molar-refractivity contribution in [1.82, 2.24) is 0 Å². The third-order valence-corrected chi connectivity index (χ3v) is 4.71. The van der Waals surface area contributed by atoms with Crippen molar-refractivity contribution in [1.29, 1.82) is 0 Å². The normalized spacial score (nSPS) is 17.1. The van der Waals surface area contributed by atoms with Crippen LogP contribution >= 0.6 is 0 Å². The van der Waals surface area contributed by atoms with Crippen molar-refractivity contribution in [2.24, 2.45) is 10.8 Å². The predicted molar refractivity (Wildman–Crippen MR) is 99.9 cm³/mol. The summed E-state index contributed by atoms with van der Waals surface area (Å²) in [5.41, 5.74) is 11.8. The van der Waals surface area contributed by atoms with Crippen LogP contribution in [0.1, 0.15) is 35.6 Å². The average molecular weight is 323 g/mol. The summed E-state index contributed by atoms with van der Waals surface area (Å²) >= 11 is 0. The number of hydrazone groups is 1. The number of hydrogen-bond donors (Lipinski definition) is 1. The molecule has 1 aliphatic rings. The quantitative estimate of drug-likeness (QED) is 0.906. The topological polar surface area (TPSA) is 50.9 Å². The summed E-state index contributed by atoms with van der Waals surface area (Å²) in [5, 5.41) is 7.05. The lowest BCUT2D eigenvalue weighted by Gasteiger charge is -2.26. The summed E-state index contributed by atoms with van der Waals surface area (Å²) in [5.74, 6) is 0.876. The van der Waals surface area contributed by atoms with Crippen molar-refractivity contribution in [2.75, 3.05) is 18.7 Å². The largest absolute Gasteiger partial charge is 0.497 e. The van der Waals surface area contributed by atoms with Crippen molar-refractivity contribution >= 4 is 11.4 Å². The molecule has 4 nitrogen and oxygen atoms in total. The van der Waals surface area contributed by atoms with E-state index in [2.05, 4.69) is 49.2 Å². The van der Waals surface area contributed by atoms with E-state index in [0.717, 1.165) is 30.0 Å². The monoisotopic (exact) mass is 323 g/mol. The van der Waals surface area contributed by atoms with Crippen LogP contribution in [0, 0.1) is 13.8 Å². The molecule has 1 unspecified atom stereocenters. The van der Waals surface area contributed by atoms with Gasteiger partial charge in [-0.3, -0.25) is 5.01 Å². The van der Waals surface area contributed by atoms with Crippen molar-refractivity contribution < 1.29 is 4.74 Å². The number of anilines is 1. The van der Waals surface area contributed by atoms with Gasteiger partial charge in [0.2, 0.25) is 0 Å². The third kappa shape index (κ3) is 3.15. The maximum absolute atomic E-state index is 5.76. The highest BCUT2D eigenvalue weighted by molar-refractivity contribution is 5.89. The first-order chi connectivity index (χ1) is 11.6. The molecule has 1 heterocycles. The summed E-state index contributed by atoms with van der Waals surface area (Å²) in [6, 6.07) is 14.8. The molecule has 0 amide bonds. The first-order valence-corrected chi connectivity index (χ1v) is 8.40. The molecule has 2 N–H and O–H groups in total. The Morgan fingerprint density at radius 1 is 1.21 bits per heavy atom. The SMILES string of the molecule is COc1cccc(C2CC(CCN)=NN2c2cccc(C)c2C)c1. The molecule has 24 heavy (non-hydrogen) atoms. The maximum atomic E-state index is 5.76. The van der Waals surface area contributed by atoms with Gasteiger partial charge in [0, 0.05) is 12.1 Å². The molecule has 2 aromatic rings. The Bertz CT molecular complexity index is 754. The highest BCUT2D eigenvalue weighted by Gasteiger charge is 2.30. The van der Waals surface area contributed by atoms with Gasteiger partial charge in [-0.15, -0.1) is 0 Å². The Morgan fingerprint density at radius 3 is 2.75 bits per heavy atom. The zero-order chi connectivity index (χ0) is 17.1. The van der Waals surface area contributed by atoms with Crippen molar-refractivity contribution in [3.05, 3.63) is 59.2 Å². The van der Waals surface area contributed by atoms with Gasteiger partial charge in [0.15, 0.2) is 0 Å². The summed E-state index contributed by atoms with van der Waals surface area (Å²) in [6.45, 7) is 4.92. The minimum atomic E-state index is 0.183. The van der Waals surface area contributed by atoms with E-state index in [4.69, 9.17) is 15.6 Å². The Kier molecular flexibility index (Phi) is 4.86. The van der Waals surface area contributed by atoms with E-state index < -0.39 is 0 Å². The summed E-state index contributed by atoms with van der Waals surface area (Å²) in [7, 11) is 1.70. The number of benzene rings is 2. The second-order valence-electron chi connectivity index (χ2n) is 6.27. The molecule has 3 rings (SSSR count). The number of methoxy groups -OCH3 is 1. The van der Waals surface area contributed by atoms with E-state index in [-0.39, 0.29) is 6.04 Å². The van der Waals surface area contributed by atoms with Gasteiger partial charge in [-0.25, -0.2) is 0 Å². The zero-order valence-corrected chi connectivity index (χ0v) is 14.6. The van der Waals surface area contributed by atoms with Crippen LogP contribution in [-0.4, -0.2) is 19.4 Å². The van der Waals surface area contributed by atoms with E-state index >= 15 is 0 Å². The molecule has 1 atom stereocenters. The Hall–Kier alpha value is -2.33. The van der Waals surface area contributed by atoms with Gasteiger partial charge >= 0.3 is 0 Å². The average Bonchev–Trinajstić information content (AvgIpc) is 3.01. The zero-order valence-electron chi connectivity index (χ0n) is 14.6. The first kappa shape index (κ1) is 16.5. The van der Waals surface area contributed by atoms with Crippen LogP contribution < -0.4 is 15.5 Å². The smallest absolute Gasteiger partial charge is 0.119 e. The van der Waals surface area contributed by atoms with Gasteiger partial charge in [0.1, 0.15) is 5.75 Å². The van der Waals surface area contributed by atoms with Gasteiger partial charge in [-0.05, 0) is 61.7 Å². The predicted octanol–water partition coefficient (Wildman–Crippen LogP) is 3.97. The Morgan fingerprint density at radius 2 is 2.00 bits per heavy atom. The van der Waals surface area contributed by atoms with Crippen LogP contribution in [0.5, 0.6) is 5.75 Å². The summed E-state index contributed by atoms with van der Waals surface area (Å²) in [4.78, 5) is 0. The lowest BCUT2D eigenvalue weighted by molar-refractivity contribution is 0.414. The minimum absolute atomic E-state index is 0.183. The lowest BCUT2D eigenvalue weighted by Crippen LogP contribution is -2.19. The highest BCUT2D eigenvalue weighted by atomic mass is 16.5. The number of hydrogen-bond acceptors (Lipinski definition) is 4. The molecular formula is C20H25N3O. The van der Waals surface area contributed by atoms with E-state index in [1.165, 1.54) is 16.7 Å². The van der Waals surface area contributed by atoms with Crippen LogP contribution in [0.25, 0.3) is 0 Å². The maximum Gasteiger partial charge on any atom is 0.119 e. The number of aryl methyl sites for hydroxylation is 1. The van der Waals surface area contributed by atoms with Crippen LogP contribution in [0.15, 0.2) is 47.6 Å². The van der Waals surface area contributed by atoms with Crippen LogP contribution in [0.4, 0.5) is 5.69 Å². The molecule has 2 aromatic carbocycles. The van der Waals surface area contributed by atoms with Crippen LogP contribution in [-0.2, 0) is 0 Å². The van der Waals surface area contributed by atoms with E-state index in [9.17, 15) is 0 Å². The fraction of sp³-hybridized carbons (Fsp3) is 0.350. The Labute approximate surface area is 143 Å². The number of nitrogens with two attached hydrogens (primary N) is 1. The molecular weight excluding hydrogens is 298 g/mol. The molecule has 4 heteroatoms. The van der Waals surface area contributed by atoms with E-state index in [1.54, 1.807) is 7.11 Å². The fourth-order valence-corrected chi connectivity index (χ4v) is 3.20. The number of ether oxygens (including phenoxy) is 1. The molecule has 0 aromatic heterocycles. The van der Waals surface area contributed by atoms with Crippen LogP contribution in [0.3, 0.4) is 0 Å². The van der Waals surface area contributed by atoms with Gasteiger partial charge in [-0.2, -0.15) is 5.10 Å². The second kappa shape index (κ2) is 7.05. The second-order valence-corrected chi connectivity index (χ2v) is 6.27. The first-order valence-electron chi connectivity index (χ1n) is 8.40. The number of rotatable bonds is 5. The molecule has 1 aliphatic heterocycles. The molecule has 0 saturated carbocycles. The van der Waals surface area contributed by atoms with Gasteiger partial charge in [0.25, 0.3) is 0 Å². The standard InChI is InChI=1S/C20H25N3O/c1-14-6-4-9-19(15(14)2)23-20(13-17(22-23)10-11-21)16-7-5-8-18(12-16)24-3/h4-9,12,20H,10-11,13,21H2,1-3H3. The van der Waals surface area contributed by atoms with Crippen molar-refractivity contribution in [3.8, 4) is 5.75 Å². The molecule has 0 spiro atoms. The van der Waals surface area contributed by atoms with E-state index in [0.29, 0.717) is 6.54 Å². The minimum Gasteiger partial charge on any atom is -0.497 e.